The second-order valence-corrected chi connectivity index (χ2v) is 4.87. The molecule has 0 aliphatic heterocycles. The molecule has 0 unspecified atom stereocenters. The van der Waals surface area contributed by atoms with Crippen LogP contribution in [0.5, 0.6) is 0 Å². The van der Waals surface area contributed by atoms with Gasteiger partial charge in [-0.1, -0.05) is 16.0 Å². The number of rotatable bonds is 3. The van der Waals surface area contributed by atoms with Gasteiger partial charge in [-0.2, -0.15) is 4.09 Å². The largest absolute Gasteiger partial charge is 0.183 e. The van der Waals surface area contributed by atoms with E-state index in [0.29, 0.717) is 5.92 Å². The highest BCUT2D eigenvalue weighted by Crippen LogP contribution is 2.39. The van der Waals surface area contributed by atoms with Gasteiger partial charge in [0, 0.05) is 16.9 Å². The lowest BCUT2D eigenvalue weighted by atomic mass is 10.3. The smallest absolute Gasteiger partial charge is 0.0869 e. The van der Waals surface area contributed by atoms with E-state index in [4.69, 9.17) is 0 Å². The highest BCUT2D eigenvalue weighted by Gasteiger charge is 2.26. The minimum Gasteiger partial charge on any atom is -0.183 e. The Hall–Kier alpha value is -0.160. The Bertz CT molecular complexity index is 244. The predicted octanol–water partition coefficient (Wildman–Crippen LogP) is 1.93. The van der Waals surface area contributed by atoms with Crippen molar-refractivity contribution in [3.05, 3.63) is 11.9 Å². The fourth-order valence-electron chi connectivity index (χ4n) is 0.939. The lowest BCUT2D eigenvalue weighted by Crippen LogP contribution is -1.82. The van der Waals surface area contributed by atoms with Gasteiger partial charge in [0.1, 0.15) is 0 Å². The van der Waals surface area contributed by atoms with E-state index in [-0.39, 0.29) is 0 Å². The fourth-order valence-corrected chi connectivity index (χ4v) is 1.99. The second kappa shape index (κ2) is 3.06. The molecule has 1 aromatic heterocycles. The van der Waals surface area contributed by atoms with Crippen molar-refractivity contribution in [2.75, 3.05) is 6.26 Å². The zero-order valence-corrected chi connectivity index (χ0v) is 7.86. The summed E-state index contributed by atoms with van der Waals surface area (Å²) in [6, 6.07) is 0. The molecule has 1 aromatic rings. The molecule has 0 radical (unpaired) electrons. The zero-order chi connectivity index (χ0) is 7.68. The molecule has 1 saturated carbocycles. The van der Waals surface area contributed by atoms with Crippen LogP contribution in [0, 0.1) is 0 Å². The Labute approximate surface area is 73.5 Å². The van der Waals surface area contributed by atoms with E-state index < -0.39 is 0 Å². The van der Waals surface area contributed by atoms with E-state index >= 15 is 0 Å². The fraction of sp³-hybridized carbons (Fsp3) is 0.667. The SMILES string of the molecule is CSSn1cc(C2CC2)nn1. The first-order chi connectivity index (χ1) is 5.40. The molecular weight excluding hydrogens is 178 g/mol. The van der Waals surface area contributed by atoms with Gasteiger partial charge in [-0.05, 0) is 19.1 Å². The van der Waals surface area contributed by atoms with Crippen LogP contribution in [0.3, 0.4) is 0 Å². The molecule has 0 saturated heterocycles. The predicted molar refractivity (Wildman–Crippen MR) is 48.5 cm³/mol. The second-order valence-electron chi connectivity index (χ2n) is 2.56. The molecule has 1 heterocycles. The van der Waals surface area contributed by atoms with Gasteiger partial charge in [-0.3, -0.25) is 0 Å². The van der Waals surface area contributed by atoms with Crippen LogP contribution in [0.4, 0.5) is 0 Å². The van der Waals surface area contributed by atoms with Crippen LogP contribution < -0.4 is 0 Å². The quantitative estimate of drug-likeness (QED) is 0.676. The molecule has 1 fully saturated rings. The molecule has 11 heavy (non-hydrogen) atoms. The number of aromatic nitrogens is 3. The zero-order valence-electron chi connectivity index (χ0n) is 6.23. The minimum absolute atomic E-state index is 0.714. The van der Waals surface area contributed by atoms with Crippen LogP contribution in [-0.4, -0.2) is 20.7 Å². The highest BCUT2D eigenvalue weighted by atomic mass is 33.1. The molecule has 0 N–H and O–H groups in total. The van der Waals surface area contributed by atoms with Gasteiger partial charge in [0.2, 0.25) is 0 Å². The standard InChI is InChI=1S/C6H9N3S2/c1-10-11-9-4-6(7-8-9)5-2-3-5/h4-5H,2-3H2,1H3. The maximum absolute atomic E-state index is 4.08. The summed E-state index contributed by atoms with van der Waals surface area (Å²) in [5.74, 6) is 0.714. The molecular formula is C6H9N3S2. The van der Waals surface area contributed by atoms with E-state index in [0.717, 1.165) is 5.69 Å². The molecule has 5 heteroatoms. The number of hydrogen-bond acceptors (Lipinski definition) is 4. The van der Waals surface area contributed by atoms with Gasteiger partial charge in [-0.25, -0.2) is 0 Å². The molecule has 1 aliphatic rings. The van der Waals surface area contributed by atoms with Crippen LogP contribution in [0.1, 0.15) is 24.5 Å². The van der Waals surface area contributed by atoms with Crippen molar-refractivity contribution in [2.24, 2.45) is 0 Å². The molecule has 0 bridgehead atoms. The lowest BCUT2D eigenvalue weighted by Gasteiger charge is -1.89. The molecule has 3 nitrogen and oxygen atoms in total. The van der Waals surface area contributed by atoms with Crippen molar-refractivity contribution in [2.45, 2.75) is 18.8 Å². The van der Waals surface area contributed by atoms with E-state index in [1.54, 1.807) is 21.8 Å². The normalized spacial score (nSPS) is 17.2. The number of nitrogens with zero attached hydrogens (tertiary/aromatic N) is 3. The maximum atomic E-state index is 4.08. The van der Waals surface area contributed by atoms with Crippen LogP contribution >= 0.6 is 21.8 Å². The molecule has 2 rings (SSSR count). The minimum atomic E-state index is 0.714. The van der Waals surface area contributed by atoms with E-state index in [9.17, 15) is 0 Å². The molecule has 60 valence electrons. The van der Waals surface area contributed by atoms with Crippen LogP contribution in [-0.2, 0) is 0 Å². The summed E-state index contributed by atoms with van der Waals surface area (Å²) >= 11 is 0. The first kappa shape index (κ1) is 7.49. The van der Waals surface area contributed by atoms with Crippen molar-refractivity contribution in [1.82, 2.24) is 14.4 Å². The molecule has 1 aliphatic carbocycles. The molecule has 0 atom stereocenters. The average molecular weight is 187 g/mol. The molecule has 0 aromatic carbocycles. The number of hydrogen-bond donors (Lipinski definition) is 0. The van der Waals surface area contributed by atoms with Crippen LogP contribution in [0.25, 0.3) is 0 Å². The van der Waals surface area contributed by atoms with Gasteiger partial charge in [0.25, 0.3) is 0 Å². The first-order valence-corrected chi connectivity index (χ1v) is 6.05. The highest BCUT2D eigenvalue weighted by molar-refractivity contribution is 8.75. The summed E-state index contributed by atoms with van der Waals surface area (Å²) in [6.45, 7) is 0. The van der Waals surface area contributed by atoms with Crippen molar-refractivity contribution in [1.29, 1.82) is 0 Å². The summed E-state index contributed by atoms with van der Waals surface area (Å²) in [5, 5.41) is 8.05. The van der Waals surface area contributed by atoms with Gasteiger partial charge in [0.05, 0.1) is 11.9 Å². The van der Waals surface area contributed by atoms with Crippen LogP contribution in [0.2, 0.25) is 0 Å². The summed E-state index contributed by atoms with van der Waals surface area (Å²) in [5.41, 5.74) is 1.16. The van der Waals surface area contributed by atoms with E-state index in [1.807, 2.05) is 16.5 Å². The van der Waals surface area contributed by atoms with E-state index in [1.165, 1.54) is 12.8 Å². The van der Waals surface area contributed by atoms with Gasteiger partial charge >= 0.3 is 0 Å². The summed E-state index contributed by atoms with van der Waals surface area (Å²) in [6.07, 6.45) is 6.65. The Morgan fingerprint density at radius 2 is 2.45 bits per heavy atom. The van der Waals surface area contributed by atoms with Crippen molar-refractivity contribution in [3.8, 4) is 0 Å². The summed E-state index contributed by atoms with van der Waals surface area (Å²) < 4.78 is 1.82. The molecule has 0 amide bonds. The Balaban J connectivity index is 2.06. The monoisotopic (exact) mass is 187 g/mol. The van der Waals surface area contributed by atoms with Crippen LogP contribution in [0.15, 0.2) is 6.20 Å². The van der Waals surface area contributed by atoms with E-state index in [2.05, 4.69) is 10.3 Å². The summed E-state index contributed by atoms with van der Waals surface area (Å²) in [7, 11) is 3.28. The van der Waals surface area contributed by atoms with Gasteiger partial charge in [0.15, 0.2) is 0 Å². The molecule has 0 spiro atoms. The van der Waals surface area contributed by atoms with Crippen molar-refractivity contribution in [3.63, 3.8) is 0 Å². The summed E-state index contributed by atoms with van der Waals surface area (Å²) in [4.78, 5) is 0. The first-order valence-electron chi connectivity index (χ1n) is 3.53. The average Bonchev–Trinajstić information content (AvgIpc) is 2.75. The Morgan fingerprint density at radius 3 is 3.09 bits per heavy atom. The third-order valence-electron chi connectivity index (χ3n) is 1.64. The topological polar surface area (TPSA) is 30.7 Å². The Morgan fingerprint density at radius 1 is 1.64 bits per heavy atom. The van der Waals surface area contributed by atoms with Gasteiger partial charge < -0.3 is 0 Å². The Kier molecular flexibility index (Phi) is 2.09. The van der Waals surface area contributed by atoms with Crippen molar-refractivity contribution < 1.29 is 0 Å². The van der Waals surface area contributed by atoms with Gasteiger partial charge in [-0.15, -0.1) is 5.10 Å². The third kappa shape index (κ3) is 1.70. The van der Waals surface area contributed by atoms with Crippen molar-refractivity contribution >= 4 is 21.8 Å². The lowest BCUT2D eigenvalue weighted by molar-refractivity contribution is 0.874. The maximum Gasteiger partial charge on any atom is 0.0869 e. The third-order valence-corrected chi connectivity index (χ3v) is 3.02.